The Morgan fingerprint density at radius 1 is 1.42 bits per heavy atom. The summed E-state index contributed by atoms with van der Waals surface area (Å²) in [6.45, 7) is 7.62. The first kappa shape index (κ1) is 15.4. The van der Waals surface area contributed by atoms with E-state index in [4.69, 9.17) is 16.3 Å². The van der Waals surface area contributed by atoms with Crippen LogP contribution in [0.1, 0.15) is 31.9 Å². The Bertz CT molecular complexity index is 521. The molecule has 0 saturated carbocycles. The number of benzene rings is 1. The molecule has 1 aromatic rings. The Labute approximate surface area is 119 Å². The predicted molar refractivity (Wildman–Crippen MR) is 77.3 cm³/mol. The molecule has 0 fully saturated rings. The van der Waals surface area contributed by atoms with Crippen molar-refractivity contribution in [1.29, 1.82) is 0 Å². The Morgan fingerprint density at radius 3 is 2.74 bits per heavy atom. The number of hydrogen-bond acceptors (Lipinski definition) is 2. The maximum Gasteiger partial charge on any atom is 0.408 e. The molecule has 1 rings (SSSR count). The van der Waals surface area contributed by atoms with E-state index in [0.717, 1.165) is 11.1 Å². The van der Waals surface area contributed by atoms with Gasteiger partial charge in [0.2, 0.25) is 0 Å². The van der Waals surface area contributed by atoms with Gasteiger partial charge in [-0.25, -0.2) is 4.79 Å². The van der Waals surface area contributed by atoms with E-state index in [0.29, 0.717) is 5.02 Å². The summed E-state index contributed by atoms with van der Waals surface area (Å²) in [5, 5.41) is 3.17. The van der Waals surface area contributed by atoms with Crippen molar-refractivity contribution in [1.82, 2.24) is 5.32 Å². The summed E-state index contributed by atoms with van der Waals surface area (Å²) in [4.78, 5) is 11.4. The maximum atomic E-state index is 11.4. The first-order chi connectivity index (χ1) is 8.78. The molecule has 0 heterocycles. The fourth-order valence-corrected chi connectivity index (χ4v) is 1.47. The lowest BCUT2D eigenvalue weighted by Gasteiger charge is -2.19. The second kappa shape index (κ2) is 6.49. The molecule has 0 aliphatic rings. The molecule has 0 radical (unpaired) electrons. The summed E-state index contributed by atoms with van der Waals surface area (Å²) in [5.74, 6) is 5.76. The maximum absolute atomic E-state index is 11.4. The molecular weight excluding hydrogens is 262 g/mol. The first-order valence-corrected chi connectivity index (χ1v) is 6.37. The second-order valence-corrected chi connectivity index (χ2v) is 5.55. The number of amides is 1. The average molecular weight is 280 g/mol. The zero-order valence-corrected chi connectivity index (χ0v) is 12.4. The SMILES string of the molecule is Cc1ccc(Cl)c(C#CCNC(=O)OC(C)(C)C)c1. The van der Waals surface area contributed by atoms with Crippen LogP contribution < -0.4 is 5.32 Å². The number of carbonyl (C=O) groups is 1. The van der Waals surface area contributed by atoms with E-state index >= 15 is 0 Å². The minimum Gasteiger partial charge on any atom is -0.444 e. The van der Waals surface area contributed by atoms with Crippen LogP contribution in [0, 0.1) is 18.8 Å². The number of halogens is 1. The van der Waals surface area contributed by atoms with Gasteiger partial charge in [0.1, 0.15) is 5.60 Å². The van der Waals surface area contributed by atoms with Gasteiger partial charge in [0.25, 0.3) is 0 Å². The van der Waals surface area contributed by atoms with Gasteiger partial charge in [-0.15, -0.1) is 0 Å². The fraction of sp³-hybridized carbons (Fsp3) is 0.400. The zero-order valence-electron chi connectivity index (χ0n) is 11.6. The van der Waals surface area contributed by atoms with Gasteiger partial charge in [-0.05, 0) is 45.4 Å². The molecule has 0 bridgehead atoms. The Kier molecular flexibility index (Phi) is 5.26. The average Bonchev–Trinajstić information content (AvgIpc) is 2.26. The molecule has 1 amide bonds. The zero-order chi connectivity index (χ0) is 14.5. The third-order valence-electron chi connectivity index (χ3n) is 2.06. The summed E-state index contributed by atoms with van der Waals surface area (Å²) in [6, 6.07) is 5.64. The van der Waals surface area contributed by atoms with Crippen LogP contribution >= 0.6 is 11.6 Å². The molecule has 0 unspecified atom stereocenters. The number of alkyl carbamates (subject to hydrolysis) is 1. The molecule has 1 aromatic carbocycles. The van der Waals surface area contributed by atoms with Crippen molar-refractivity contribution in [3.05, 3.63) is 34.3 Å². The normalized spacial score (nSPS) is 10.4. The van der Waals surface area contributed by atoms with Crippen LogP contribution in [0.2, 0.25) is 5.02 Å². The first-order valence-electron chi connectivity index (χ1n) is 6.00. The van der Waals surface area contributed by atoms with E-state index in [-0.39, 0.29) is 6.54 Å². The van der Waals surface area contributed by atoms with Crippen LogP contribution in [-0.2, 0) is 4.74 Å². The summed E-state index contributed by atoms with van der Waals surface area (Å²) in [5.41, 5.74) is 1.35. The minimum atomic E-state index is -0.503. The highest BCUT2D eigenvalue weighted by Gasteiger charge is 2.14. The van der Waals surface area contributed by atoms with Gasteiger partial charge in [-0.1, -0.05) is 29.5 Å². The van der Waals surface area contributed by atoms with Gasteiger partial charge in [-0.3, -0.25) is 0 Å². The molecule has 0 saturated heterocycles. The van der Waals surface area contributed by atoms with Crippen LogP contribution in [0.4, 0.5) is 4.79 Å². The topological polar surface area (TPSA) is 38.3 Å². The van der Waals surface area contributed by atoms with Crippen molar-refractivity contribution in [2.24, 2.45) is 0 Å². The number of nitrogens with one attached hydrogen (secondary N) is 1. The highest BCUT2D eigenvalue weighted by atomic mass is 35.5. The molecule has 0 aliphatic heterocycles. The molecule has 0 aromatic heterocycles. The summed E-state index contributed by atoms with van der Waals surface area (Å²) in [6.07, 6.45) is -0.475. The van der Waals surface area contributed by atoms with Gasteiger partial charge in [-0.2, -0.15) is 0 Å². The lowest BCUT2D eigenvalue weighted by Crippen LogP contribution is -2.32. The van der Waals surface area contributed by atoms with E-state index in [9.17, 15) is 4.79 Å². The second-order valence-electron chi connectivity index (χ2n) is 5.14. The summed E-state index contributed by atoms with van der Waals surface area (Å²) in [7, 11) is 0. The number of ether oxygens (including phenoxy) is 1. The smallest absolute Gasteiger partial charge is 0.408 e. The molecule has 0 atom stereocenters. The van der Waals surface area contributed by atoms with Crippen LogP contribution in [0.3, 0.4) is 0 Å². The highest BCUT2D eigenvalue weighted by Crippen LogP contribution is 2.15. The van der Waals surface area contributed by atoms with Gasteiger partial charge < -0.3 is 10.1 Å². The lowest BCUT2D eigenvalue weighted by molar-refractivity contribution is 0.0535. The number of hydrogen-bond donors (Lipinski definition) is 1. The predicted octanol–water partition coefficient (Wildman–Crippen LogP) is 3.52. The largest absolute Gasteiger partial charge is 0.444 e. The van der Waals surface area contributed by atoms with Crippen LogP contribution in [0.25, 0.3) is 0 Å². The molecule has 1 N–H and O–H groups in total. The Hall–Kier alpha value is -1.66. The lowest BCUT2D eigenvalue weighted by atomic mass is 10.1. The third kappa shape index (κ3) is 6.17. The third-order valence-corrected chi connectivity index (χ3v) is 2.39. The molecule has 3 nitrogen and oxygen atoms in total. The quantitative estimate of drug-likeness (QED) is 0.799. The monoisotopic (exact) mass is 279 g/mol. The van der Waals surface area contributed by atoms with E-state index < -0.39 is 11.7 Å². The van der Waals surface area contributed by atoms with Crippen molar-refractivity contribution in [3.8, 4) is 11.8 Å². The van der Waals surface area contributed by atoms with Crippen molar-refractivity contribution in [3.63, 3.8) is 0 Å². The highest BCUT2D eigenvalue weighted by molar-refractivity contribution is 6.31. The summed E-state index contributed by atoms with van der Waals surface area (Å²) >= 11 is 6.01. The van der Waals surface area contributed by atoms with Crippen molar-refractivity contribution in [2.45, 2.75) is 33.3 Å². The molecular formula is C15H18ClNO2. The van der Waals surface area contributed by atoms with Gasteiger partial charge in [0.15, 0.2) is 0 Å². The fourth-order valence-electron chi connectivity index (χ4n) is 1.30. The van der Waals surface area contributed by atoms with Crippen molar-refractivity contribution in [2.75, 3.05) is 6.54 Å². The van der Waals surface area contributed by atoms with E-state index in [1.807, 2.05) is 45.9 Å². The van der Waals surface area contributed by atoms with Crippen LogP contribution in [0.15, 0.2) is 18.2 Å². The number of aryl methyl sites for hydroxylation is 1. The molecule has 19 heavy (non-hydrogen) atoms. The Morgan fingerprint density at radius 2 is 2.11 bits per heavy atom. The van der Waals surface area contributed by atoms with Gasteiger partial charge in [0.05, 0.1) is 11.6 Å². The molecule has 4 heteroatoms. The van der Waals surface area contributed by atoms with Crippen molar-refractivity contribution < 1.29 is 9.53 Å². The Balaban J connectivity index is 2.52. The molecule has 102 valence electrons. The van der Waals surface area contributed by atoms with Crippen LogP contribution in [0.5, 0.6) is 0 Å². The number of rotatable bonds is 1. The standard InChI is InChI=1S/C15H18ClNO2/c1-11-7-8-13(16)12(10-11)6-5-9-17-14(18)19-15(2,3)4/h7-8,10H,9H2,1-4H3,(H,17,18). The minimum absolute atomic E-state index is 0.221. The van der Waals surface area contributed by atoms with Crippen LogP contribution in [-0.4, -0.2) is 18.2 Å². The van der Waals surface area contributed by atoms with Crippen molar-refractivity contribution >= 4 is 17.7 Å². The molecule has 0 aliphatic carbocycles. The van der Waals surface area contributed by atoms with E-state index in [2.05, 4.69) is 17.2 Å². The molecule has 0 spiro atoms. The van der Waals surface area contributed by atoms with E-state index in [1.54, 1.807) is 0 Å². The van der Waals surface area contributed by atoms with Gasteiger partial charge >= 0.3 is 6.09 Å². The van der Waals surface area contributed by atoms with Gasteiger partial charge in [0, 0.05) is 5.56 Å². The summed E-state index contributed by atoms with van der Waals surface area (Å²) < 4.78 is 5.09. The number of carbonyl (C=O) groups excluding carboxylic acids is 1. The van der Waals surface area contributed by atoms with E-state index in [1.165, 1.54) is 0 Å².